The van der Waals surface area contributed by atoms with Crippen molar-refractivity contribution < 1.29 is 17.2 Å². The number of likely N-dealkylation sites (N-methyl/N-ethyl adjacent to an activating group) is 1. The van der Waals surface area contributed by atoms with Crippen LogP contribution in [0.4, 0.5) is 8.78 Å². The molecule has 1 rings (SSSR count). The molecule has 0 spiro atoms. The highest BCUT2D eigenvalue weighted by atomic mass is 32.2. The van der Waals surface area contributed by atoms with Crippen LogP contribution >= 0.6 is 0 Å². The Morgan fingerprint density at radius 3 is 2.25 bits per heavy atom. The maximum absolute atomic E-state index is 13.2. The molecule has 0 radical (unpaired) electrons. The molecule has 1 aromatic rings. The van der Waals surface area contributed by atoms with Gasteiger partial charge in [0.15, 0.2) is 4.90 Å². The summed E-state index contributed by atoms with van der Waals surface area (Å²) in [5, 5.41) is 2.71. The van der Waals surface area contributed by atoms with Crippen molar-refractivity contribution in [2.75, 3.05) is 20.1 Å². The maximum atomic E-state index is 13.2. The van der Waals surface area contributed by atoms with E-state index in [1.807, 2.05) is 0 Å². The summed E-state index contributed by atoms with van der Waals surface area (Å²) >= 11 is 0. The fourth-order valence-corrected chi connectivity index (χ4v) is 2.29. The van der Waals surface area contributed by atoms with Gasteiger partial charge < -0.3 is 5.32 Å². The fourth-order valence-electron chi connectivity index (χ4n) is 1.12. The third kappa shape index (κ3) is 2.97. The van der Waals surface area contributed by atoms with Gasteiger partial charge in [0.1, 0.15) is 11.6 Å². The highest BCUT2D eigenvalue weighted by Crippen LogP contribution is 2.17. The summed E-state index contributed by atoms with van der Waals surface area (Å²) in [6.45, 7) is 0.432. The van der Waals surface area contributed by atoms with Gasteiger partial charge in [-0.2, -0.15) is 0 Å². The molecule has 0 aliphatic carbocycles. The van der Waals surface area contributed by atoms with Gasteiger partial charge in [0.25, 0.3) is 0 Å². The number of hydrogen-bond donors (Lipinski definition) is 2. The van der Waals surface area contributed by atoms with E-state index in [0.717, 1.165) is 18.2 Å². The number of halogens is 2. The van der Waals surface area contributed by atoms with Crippen molar-refractivity contribution in [3.63, 3.8) is 0 Å². The summed E-state index contributed by atoms with van der Waals surface area (Å²) < 4.78 is 51.5. The zero-order valence-corrected chi connectivity index (χ0v) is 9.44. The average Bonchev–Trinajstić information content (AvgIpc) is 2.17. The van der Waals surface area contributed by atoms with E-state index in [1.165, 1.54) is 0 Å². The minimum atomic E-state index is -4.13. The van der Waals surface area contributed by atoms with E-state index in [0.29, 0.717) is 6.54 Å². The van der Waals surface area contributed by atoms with E-state index < -0.39 is 26.6 Å². The van der Waals surface area contributed by atoms with Gasteiger partial charge in [-0.25, -0.2) is 21.9 Å². The van der Waals surface area contributed by atoms with Gasteiger partial charge in [-0.05, 0) is 19.2 Å². The minimum Gasteiger partial charge on any atom is -0.318 e. The van der Waals surface area contributed by atoms with Gasteiger partial charge in [-0.3, -0.25) is 0 Å². The van der Waals surface area contributed by atoms with E-state index >= 15 is 0 Å². The molecule has 0 unspecified atom stereocenters. The first-order valence-electron chi connectivity index (χ1n) is 4.57. The maximum Gasteiger partial charge on any atom is 0.246 e. The van der Waals surface area contributed by atoms with Crippen LogP contribution < -0.4 is 10.0 Å². The van der Waals surface area contributed by atoms with Crippen LogP contribution in [0.15, 0.2) is 23.1 Å². The van der Waals surface area contributed by atoms with Crippen molar-refractivity contribution in [1.82, 2.24) is 10.0 Å². The predicted molar refractivity (Wildman–Crippen MR) is 55.5 cm³/mol. The van der Waals surface area contributed by atoms with Gasteiger partial charge in [0, 0.05) is 13.1 Å². The smallest absolute Gasteiger partial charge is 0.246 e. The molecule has 7 heteroatoms. The lowest BCUT2D eigenvalue weighted by atomic mass is 10.3. The topological polar surface area (TPSA) is 58.2 Å². The van der Waals surface area contributed by atoms with E-state index in [2.05, 4.69) is 10.0 Å². The Labute approximate surface area is 92.7 Å². The second kappa shape index (κ2) is 5.33. The molecule has 4 nitrogen and oxygen atoms in total. The molecule has 0 heterocycles. The largest absolute Gasteiger partial charge is 0.318 e. The Morgan fingerprint density at radius 1 is 1.19 bits per heavy atom. The molecule has 0 aliphatic heterocycles. The molecular formula is C9H12F2N2O2S. The highest BCUT2D eigenvalue weighted by Gasteiger charge is 2.22. The lowest BCUT2D eigenvalue weighted by Crippen LogP contribution is -2.31. The first-order chi connectivity index (χ1) is 7.49. The molecule has 90 valence electrons. The molecule has 1 aromatic carbocycles. The first-order valence-corrected chi connectivity index (χ1v) is 6.05. The summed E-state index contributed by atoms with van der Waals surface area (Å²) in [7, 11) is -2.50. The Balaban J connectivity index is 2.98. The van der Waals surface area contributed by atoms with E-state index in [9.17, 15) is 17.2 Å². The lowest BCUT2D eigenvalue weighted by Gasteiger charge is -2.07. The normalized spacial score (nSPS) is 11.7. The molecule has 16 heavy (non-hydrogen) atoms. The number of nitrogens with one attached hydrogen (secondary N) is 2. The van der Waals surface area contributed by atoms with Crippen LogP contribution in [-0.2, 0) is 10.0 Å². The summed E-state index contributed by atoms with van der Waals surface area (Å²) in [6.07, 6.45) is 0. The van der Waals surface area contributed by atoms with Gasteiger partial charge in [-0.15, -0.1) is 0 Å². The summed E-state index contributed by atoms with van der Waals surface area (Å²) in [5.74, 6) is -2.20. The molecule has 2 N–H and O–H groups in total. The molecule has 0 saturated heterocycles. The van der Waals surface area contributed by atoms with E-state index in [4.69, 9.17) is 0 Å². The third-order valence-electron chi connectivity index (χ3n) is 1.85. The van der Waals surface area contributed by atoms with Crippen molar-refractivity contribution in [2.24, 2.45) is 0 Å². The summed E-state index contributed by atoms with van der Waals surface area (Å²) in [6, 6.07) is 2.91. The van der Waals surface area contributed by atoms with Crippen molar-refractivity contribution in [3.05, 3.63) is 29.8 Å². The first kappa shape index (κ1) is 13.0. The van der Waals surface area contributed by atoms with Crippen LogP contribution in [0.25, 0.3) is 0 Å². The van der Waals surface area contributed by atoms with Crippen molar-refractivity contribution >= 4 is 10.0 Å². The Bertz CT molecular complexity index is 442. The van der Waals surface area contributed by atoms with Crippen molar-refractivity contribution in [2.45, 2.75) is 4.90 Å². The molecule has 0 aromatic heterocycles. The van der Waals surface area contributed by atoms with Gasteiger partial charge in [-0.1, -0.05) is 6.07 Å². The number of sulfonamides is 1. The Kier molecular flexibility index (Phi) is 4.34. The molecular weight excluding hydrogens is 238 g/mol. The van der Waals surface area contributed by atoms with E-state index in [1.54, 1.807) is 7.05 Å². The quantitative estimate of drug-likeness (QED) is 0.747. The minimum absolute atomic E-state index is 0.0621. The monoisotopic (exact) mass is 250 g/mol. The second-order valence-corrected chi connectivity index (χ2v) is 4.76. The summed E-state index contributed by atoms with van der Waals surface area (Å²) in [5.41, 5.74) is 0. The molecule has 0 amide bonds. The Hall–Kier alpha value is -1.05. The van der Waals surface area contributed by atoms with Crippen LogP contribution in [0.2, 0.25) is 0 Å². The standard InChI is InChI=1S/C9H12F2N2O2S/c1-12-5-6-13-16(14,15)9-7(10)3-2-4-8(9)11/h2-4,12-13H,5-6H2,1H3. The zero-order chi connectivity index (χ0) is 12.2. The highest BCUT2D eigenvalue weighted by molar-refractivity contribution is 7.89. The van der Waals surface area contributed by atoms with Crippen LogP contribution in [0.3, 0.4) is 0 Å². The van der Waals surface area contributed by atoms with Gasteiger partial charge >= 0.3 is 0 Å². The lowest BCUT2D eigenvalue weighted by molar-refractivity contribution is 0.513. The number of rotatable bonds is 5. The van der Waals surface area contributed by atoms with Crippen LogP contribution in [-0.4, -0.2) is 28.6 Å². The average molecular weight is 250 g/mol. The van der Waals surface area contributed by atoms with Crippen molar-refractivity contribution in [1.29, 1.82) is 0 Å². The SMILES string of the molecule is CNCCNS(=O)(=O)c1c(F)cccc1F. The fraction of sp³-hybridized carbons (Fsp3) is 0.333. The molecule has 0 saturated carbocycles. The molecule has 0 fully saturated rings. The Morgan fingerprint density at radius 2 is 1.75 bits per heavy atom. The number of benzene rings is 1. The summed E-state index contributed by atoms with van der Waals surface area (Å²) in [4.78, 5) is -0.939. The third-order valence-corrected chi connectivity index (χ3v) is 3.37. The van der Waals surface area contributed by atoms with Crippen LogP contribution in [0.5, 0.6) is 0 Å². The zero-order valence-electron chi connectivity index (χ0n) is 8.63. The molecule has 0 atom stereocenters. The second-order valence-electron chi connectivity index (χ2n) is 3.05. The van der Waals surface area contributed by atoms with Crippen molar-refractivity contribution in [3.8, 4) is 0 Å². The van der Waals surface area contributed by atoms with Gasteiger partial charge in [0.2, 0.25) is 10.0 Å². The van der Waals surface area contributed by atoms with Gasteiger partial charge in [0.05, 0.1) is 0 Å². The molecule has 0 bridgehead atoms. The predicted octanol–water partition coefficient (Wildman–Crippen LogP) is 0.462. The van der Waals surface area contributed by atoms with Crippen LogP contribution in [0.1, 0.15) is 0 Å². The molecule has 0 aliphatic rings. The van der Waals surface area contributed by atoms with E-state index in [-0.39, 0.29) is 6.54 Å². The number of hydrogen-bond acceptors (Lipinski definition) is 3. The van der Waals surface area contributed by atoms with Crippen LogP contribution in [0, 0.1) is 11.6 Å².